The Morgan fingerprint density at radius 3 is 2.89 bits per heavy atom. The van der Waals surface area contributed by atoms with E-state index in [-0.39, 0.29) is 12.3 Å². The topological polar surface area (TPSA) is 50.4 Å². The quantitative estimate of drug-likeness (QED) is 0.819. The van der Waals surface area contributed by atoms with Gasteiger partial charge in [0.05, 0.1) is 17.8 Å². The molecule has 0 amide bonds. The van der Waals surface area contributed by atoms with Crippen molar-refractivity contribution in [2.24, 2.45) is 16.6 Å². The van der Waals surface area contributed by atoms with E-state index in [9.17, 15) is 13.2 Å². The molecule has 0 fully saturated rings. The number of hydrogen-bond acceptors (Lipinski definition) is 4. The average molecular weight is 291 g/mol. The van der Waals surface area contributed by atoms with E-state index in [1.807, 2.05) is 17.5 Å². The van der Waals surface area contributed by atoms with Crippen LogP contribution in [0.1, 0.15) is 17.7 Å². The minimum atomic E-state index is -4.22. The van der Waals surface area contributed by atoms with Gasteiger partial charge in [0.2, 0.25) is 0 Å². The van der Waals surface area contributed by atoms with Crippen LogP contribution in [0.3, 0.4) is 0 Å². The molecular formula is C12H16F3N3S. The van der Waals surface area contributed by atoms with Crippen molar-refractivity contribution in [1.82, 2.24) is 5.32 Å². The first-order valence-corrected chi connectivity index (χ1v) is 6.96. The molecule has 19 heavy (non-hydrogen) atoms. The fourth-order valence-corrected chi connectivity index (χ4v) is 2.87. The van der Waals surface area contributed by atoms with Crippen LogP contribution >= 0.6 is 11.3 Å². The van der Waals surface area contributed by atoms with Crippen molar-refractivity contribution in [3.8, 4) is 0 Å². The maximum Gasteiger partial charge on any atom is 0.394 e. The summed E-state index contributed by atoms with van der Waals surface area (Å²) in [6, 6.07) is 3.20. The zero-order valence-corrected chi connectivity index (χ0v) is 11.1. The van der Waals surface area contributed by atoms with Gasteiger partial charge < -0.3 is 11.1 Å². The number of nitrogens with one attached hydrogen (secondary N) is 1. The summed E-state index contributed by atoms with van der Waals surface area (Å²) in [5, 5.41) is 5.11. The van der Waals surface area contributed by atoms with Crippen molar-refractivity contribution >= 4 is 17.2 Å². The second-order valence-corrected chi connectivity index (χ2v) is 5.62. The largest absolute Gasteiger partial charge is 0.394 e. The zero-order chi connectivity index (χ0) is 13.9. The molecule has 1 aliphatic rings. The molecule has 0 aliphatic carbocycles. The Kier molecular flexibility index (Phi) is 4.46. The summed E-state index contributed by atoms with van der Waals surface area (Å²) < 4.78 is 38.3. The predicted molar refractivity (Wildman–Crippen MR) is 70.2 cm³/mol. The number of thiophene rings is 1. The molecule has 106 valence electrons. The number of amidine groups is 1. The molecule has 0 spiro atoms. The van der Waals surface area contributed by atoms with Gasteiger partial charge in [-0.25, -0.2) is 0 Å². The first kappa shape index (κ1) is 14.3. The van der Waals surface area contributed by atoms with Gasteiger partial charge in [0.25, 0.3) is 0 Å². The highest BCUT2D eigenvalue weighted by molar-refractivity contribution is 7.09. The first-order chi connectivity index (χ1) is 8.97. The van der Waals surface area contributed by atoms with Crippen molar-refractivity contribution in [2.45, 2.75) is 31.6 Å². The predicted octanol–water partition coefficient (Wildman–Crippen LogP) is 2.54. The number of halogens is 3. The summed E-state index contributed by atoms with van der Waals surface area (Å²) in [6.07, 6.45) is -4.03. The molecule has 0 saturated carbocycles. The summed E-state index contributed by atoms with van der Waals surface area (Å²) in [4.78, 5) is 5.08. The number of nitrogens with two attached hydrogens (primary N) is 1. The molecule has 0 aromatic carbocycles. The Bertz CT molecular complexity index is 428. The monoisotopic (exact) mass is 291 g/mol. The van der Waals surface area contributed by atoms with E-state index in [0.29, 0.717) is 19.5 Å². The van der Waals surface area contributed by atoms with E-state index >= 15 is 0 Å². The van der Waals surface area contributed by atoms with Gasteiger partial charge in [-0.15, -0.1) is 11.3 Å². The van der Waals surface area contributed by atoms with Crippen LogP contribution in [0.25, 0.3) is 0 Å². The summed E-state index contributed by atoms with van der Waals surface area (Å²) in [5.41, 5.74) is 5.42. The van der Waals surface area contributed by atoms with E-state index in [0.717, 1.165) is 0 Å². The smallest absolute Gasteiger partial charge is 0.387 e. The molecule has 1 aromatic rings. The van der Waals surface area contributed by atoms with Gasteiger partial charge in [-0.05, 0) is 24.4 Å². The maximum atomic E-state index is 12.8. The molecule has 1 aliphatic heterocycles. The van der Waals surface area contributed by atoms with Crippen LogP contribution in [0, 0.1) is 5.92 Å². The number of rotatable bonds is 5. The number of hydrogen-bond donors (Lipinski definition) is 2. The fraction of sp³-hybridized carbons (Fsp3) is 0.583. The molecule has 7 heteroatoms. The molecule has 2 heterocycles. The van der Waals surface area contributed by atoms with Gasteiger partial charge in [0.1, 0.15) is 0 Å². The van der Waals surface area contributed by atoms with Gasteiger partial charge in [-0.1, -0.05) is 6.07 Å². The Morgan fingerprint density at radius 2 is 2.26 bits per heavy atom. The van der Waals surface area contributed by atoms with Gasteiger partial charge in [0.15, 0.2) is 0 Å². The van der Waals surface area contributed by atoms with Crippen LogP contribution in [0.5, 0.6) is 0 Å². The van der Waals surface area contributed by atoms with Gasteiger partial charge >= 0.3 is 6.18 Å². The highest BCUT2D eigenvalue weighted by Crippen LogP contribution is 2.37. The molecular weight excluding hydrogens is 275 g/mol. The molecule has 3 nitrogen and oxygen atoms in total. The van der Waals surface area contributed by atoms with Crippen molar-refractivity contribution in [3.05, 3.63) is 22.4 Å². The second-order valence-electron chi connectivity index (χ2n) is 4.58. The third kappa shape index (κ3) is 3.94. The number of aliphatic imine (C=N–C) groups is 1. The lowest BCUT2D eigenvalue weighted by molar-refractivity contribution is -0.175. The van der Waals surface area contributed by atoms with Crippen LogP contribution in [-0.2, 0) is 6.54 Å². The van der Waals surface area contributed by atoms with Gasteiger partial charge in [-0.3, -0.25) is 4.99 Å². The van der Waals surface area contributed by atoms with Crippen LogP contribution in [-0.4, -0.2) is 24.6 Å². The molecule has 0 bridgehead atoms. The third-order valence-corrected chi connectivity index (χ3v) is 4.02. The van der Waals surface area contributed by atoms with Crippen molar-refractivity contribution in [1.29, 1.82) is 0 Å². The molecule has 1 aromatic heterocycles. The molecule has 0 radical (unpaired) electrons. The number of alkyl halides is 3. The van der Waals surface area contributed by atoms with Crippen molar-refractivity contribution in [3.63, 3.8) is 0 Å². The van der Waals surface area contributed by atoms with Crippen molar-refractivity contribution in [2.75, 3.05) is 6.54 Å². The van der Waals surface area contributed by atoms with Crippen molar-refractivity contribution < 1.29 is 13.2 Å². The lowest BCUT2D eigenvalue weighted by atomic mass is 9.96. The Morgan fingerprint density at radius 1 is 1.47 bits per heavy atom. The Balaban J connectivity index is 1.77. The minimum Gasteiger partial charge on any atom is -0.387 e. The van der Waals surface area contributed by atoms with Crippen LogP contribution in [0.4, 0.5) is 13.2 Å². The Hall–Kier alpha value is -1.08. The molecule has 3 N–H and O–H groups in total. The SMILES string of the molecule is NC1=N[C@@H](CCNCc2cccs2)[C@@H](C(F)(F)F)C1. The lowest BCUT2D eigenvalue weighted by Crippen LogP contribution is -2.32. The maximum absolute atomic E-state index is 12.8. The summed E-state index contributed by atoms with van der Waals surface area (Å²) in [5.74, 6) is -1.30. The average Bonchev–Trinajstić information content (AvgIpc) is 2.93. The summed E-state index contributed by atoms with van der Waals surface area (Å²) in [7, 11) is 0. The van der Waals surface area contributed by atoms with E-state index in [1.165, 1.54) is 4.88 Å². The summed E-state index contributed by atoms with van der Waals surface area (Å²) >= 11 is 1.62. The van der Waals surface area contributed by atoms with Crippen LogP contribution in [0.15, 0.2) is 22.5 Å². The standard InChI is InChI=1S/C12H16F3N3S/c13-12(14,15)9-6-11(16)18-10(9)3-4-17-7-8-2-1-5-19-8/h1-2,5,9-10,17H,3-4,6-7H2,(H2,16,18)/t9-,10-/m0/s1. The molecule has 2 atom stereocenters. The minimum absolute atomic E-state index is 0.116. The van der Waals surface area contributed by atoms with E-state index in [1.54, 1.807) is 11.3 Å². The van der Waals surface area contributed by atoms with Crippen LogP contribution in [0.2, 0.25) is 0 Å². The zero-order valence-electron chi connectivity index (χ0n) is 10.3. The molecule has 0 saturated heterocycles. The molecule has 2 rings (SSSR count). The Labute approximate surface area is 113 Å². The van der Waals surface area contributed by atoms with E-state index in [4.69, 9.17) is 5.73 Å². The second kappa shape index (κ2) is 5.92. The highest BCUT2D eigenvalue weighted by Gasteiger charge is 2.47. The normalized spacial score (nSPS) is 23.6. The first-order valence-electron chi connectivity index (χ1n) is 6.09. The van der Waals surface area contributed by atoms with Crippen LogP contribution < -0.4 is 11.1 Å². The fourth-order valence-electron chi connectivity index (χ4n) is 2.19. The highest BCUT2D eigenvalue weighted by atomic mass is 32.1. The molecule has 0 unspecified atom stereocenters. The van der Waals surface area contributed by atoms with Gasteiger partial charge in [-0.2, -0.15) is 13.2 Å². The summed E-state index contributed by atoms with van der Waals surface area (Å²) in [6.45, 7) is 1.19. The number of nitrogens with zero attached hydrogens (tertiary/aromatic N) is 1. The lowest BCUT2D eigenvalue weighted by Gasteiger charge is -2.20. The van der Waals surface area contributed by atoms with E-state index in [2.05, 4.69) is 10.3 Å². The van der Waals surface area contributed by atoms with E-state index < -0.39 is 18.1 Å². The third-order valence-electron chi connectivity index (χ3n) is 3.14. The van der Waals surface area contributed by atoms with Gasteiger partial charge in [0, 0.05) is 17.8 Å².